The molecular weight excluding hydrogens is 497 g/mol. The van der Waals surface area contributed by atoms with E-state index in [1.165, 1.54) is 9.21 Å². The molecule has 0 radical (unpaired) electrons. The number of benzene rings is 2. The maximum absolute atomic E-state index is 13.2. The van der Waals surface area contributed by atoms with Gasteiger partial charge in [-0.15, -0.1) is 0 Å². The van der Waals surface area contributed by atoms with Gasteiger partial charge in [-0.3, -0.25) is 13.9 Å². The van der Waals surface area contributed by atoms with Crippen LogP contribution in [0.5, 0.6) is 0 Å². The van der Waals surface area contributed by atoms with Gasteiger partial charge >= 0.3 is 0 Å². The normalized spacial score (nSPS) is 12.2. The molecular formula is C24H31Cl2N3O4S. The highest BCUT2D eigenvalue weighted by Gasteiger charge is 2.27. The zero-order valence-electron chi connectivity index (χ0n) is 19.8. The Bertz CT molecular complexity index is 1120. The van der Waals surface area contributed by atoms with E-state index in [1.54, 1.807) is 50.2 Å². The van der Waals surface area contributed by atoms with Crippen LogP contribution in [0.3, 0.4) is 0 Å². The summed E-state index contributed by atoms with van der Waals surface area (Å²) in [6.07, 6.45) is 1.44. The molecule has 1 atom stereocenters. The first-order chi connectivity index (χ1) is 16.0. The summed E-state index contributed by atoms with van der Waals surface area (Å²) < 4.78 is 26.2. The molecule has 7 nitrogen and oxygen atoms in total. The van der Waals surface area contributed by atoms with Crippen molar-refractivity contribution in [2.75, 3.05) is 23.7 Å². The Kier molecular flexibility index (Phi) is 10.2. The highest BCUT2D eigenvalue weighted by Crippen LogP contribution is 2.27. The highest BCUT2D eigenvalue weighted by molar-refractivity contribution is 7.92. The molecule has 10 heteroatoms. The van der Waals surface area contributed by atoms with Crippen LogP contribution in [-0.4, -0.2) is 50.5 Å². The van der Waals surface area contributed by atoms with E-state index in [2.05, 4.69) is 5.32 Å². The molecule has 0 aliphatic rings. The van der Waals surface area contributed by atoms with Gasteiger partial charge in [0.2, 0.25) is 21.8 Å². The summed E-state index contributed by atoms with van der Waals surface area (Å²) in [6.45, 7) is 5.98. The van der Waals surface area contributed by atoms with E-state index in [0.717, 1.165) is 17.4 Å². The third-order valence-corrected chi connectivity index (χ3v) is 7.19. The van der Waals surface area contributed by atoms with Crippen molar-refractivity contribution in [1.29, 1.82) is 0 Å². The van der Waals surface area contributed by atoms with E-state index in [-0.39, 0.29) is 37.7 Å². The number of nitrogens with zero attached hydrogens (tertiary/aromatic N) is 2. The molecule has 2 aromatic carbocycles. The maximum atomic E-state index is 13.2. The summed E-state index contributed by atoms with van der Waals surface area (Å²) in [7, 11) is -3.60. The van der Waals surface area contributed by atoms with Crippen molar-refractivity contribution < 1.29 is 18.0 Å². The van der Waals surface area contributed by atoms with Crippen LogP contribution < -0.4 is 9.62 Å². The molecule has 0 fully saturated rings. The molecule has 0 spiro atoms. The van der Waals surface area contributed by atoms with Crippen LogP contribution in [0.2, 0.25) is 10.0 Å². The summed E-state index contributed by atoms with van der Waals surface area (Å²) in [6, 6.07) is 11.5. The summed E-state index contributed by atoms with van der Waals surface area (Å²) in [5.74, 6) is -0.537. The quantitative estimate of drug-likeness (QED) is 0.469. The van der Waals surface area contributed by atoms with Crippen LogP contribution >= 0.6 is 23.2 Å². The van der Waals surface area contributed by atoms with Gasteiger partial charge in [0.1, 0.15) is 6.04 Å². The Morgan fingerprint density at radius 1 is 1.12 bits per heavy atom. The van der Waals surface area contributed by atoms with Gasteiger partial charge in [-0.05, 0) is 56.5 Å². The second kappa shape index (κ2) is 12.4. The third kappa shape index (κ3) is 7.61. The Morgan fingerprint density at radius 2 is 1.79 bits per heavy atom. The van der Waals surface area contributed by atoms with Gasteiger partial charge in [-0.2, -0.15) is 0 Å². The van der Waals surface area contributed by atoms with Crippen LogP contribution in [0.4, 0.5) is 5.69 Å². The molecule has 1 N–H and O–H groups in total. The largest absolute Gasteiger partial charge is 0.355 e. The minimum absolute atomic E-state index is 0.0554. The van der Waals surface area contributed by atoms with Crippen molar-refractivity contribution in [3.8, 4) is 0 Å². The second-order valence-corrected chi connectivity index (χ2v) is 10.8. The molecule has 34 heavy (non-hydrogen) atoms. The smallest absolute Gasteiger partial charge is 0.242 e. The fourth-order valence-electron chi connectivity index (χ4n) is 3.55. The first-order valence-corrected chi connectivity index (χ1v) is 13.6. The number of hydrogen-bond donors (Lipinski definition) is 1. The number of halogens is 2. The molecule has 0 aliphatic carbocycles. The summed E-state index contributed by atoms with van der Waals surface area (Å²) in [5.41, 5.74) is 1.96. The zero-order chi connectivity index (χ0) is 25.5. The number of likely N-dealkylation sites (N-methyl/N-ethyl adjacent to an activating group) is 1. The molecule has 2 aromatic rings. The average Bonchev–Trinajstić information content (AvgIpc) is 2.76. The molecule has 0 heterocycles. The summed E-state index contributed by atoms with van der Waals surface area (Å²) in [5, 5.41) is 3.67. The lowest BCUT2D eigenvalue weighted by molar-refractivity contribution is -0.140. The van der Waals surface area contributed by atoms with Crippen LogP contribution in [0, 0.1) is 6.92 Å². The number of sulfonamides is 1. The SMILES string of the molecule is CCNC(=O)[C@@H](C)N(Cc1ccccc1Cl)C(=O)CCCN(c1cc(Cl)ccc1C)S(C)(=O)=O. The lowest BCUT2D eigenvalue weighted by Crippen LogP contribution is -2.47. The van der Waals surface area contributed by atoms with Crippen LogP contribution in [0.25, 0.3) is 0 Å². The number of carbonyl (C=O) groups is 2. The lowest BCUT2D eigenvalue weighted by atomic mass is 10.1. The number of amides is 2. The zero-order valence-corrected chi connectivity index (χ0v) is 22.2. The van der Waals surface area contributed by atoms with Gasteiger partial charge in [0.25, 0.3) is 0 Å². The van der Waals surface area contributed by atoms with E-state index in [0.29, 0.717) is 22.3 Å². The van der Waals surface area contributed by atoms with Crippen LogP contribution in [0.15, 0.2) is 42.5 Å². The predicted molar refractivity (Wildman–Crippen MR) is 138 cm³/mol. The Labute approximate surface area is 212 Å². The summed E-state index contributed by atoms with van der Waals surface area (Å²) >= 11 is 12.4. The van der Waals surface area contributed by atoms with Crippen molar-refractivity contribution in [2.45, 2.75) is 46.2 Å². The third-order valence-electron chi connectivity index (χ3n) is 5.41. The van der Waals surface area contributed by atoms with Crippen LogP contribution in [0.1, 0.15) is 37.8 Å². The van der Waals surface area contributed by atoms with Crippen molar-refractivity contribution in [3.63, 3.8) is 0 Å². The van der Waals surface area contributed by atoms with Gasteiger partial charge in [0.15, 0.2) is 0 Å². The first-order valence-electron chi connectivity index (χ1n) is 11.0. The molecule has 2 rings (SSSR count). The number of aryl methyl sites for hydroxylation is 1. The number of hydrogen-bond acceptors (Lipinski definition) is 4. The van der Waals surface area contributed by atoms with E-state index in [9.17, 15) is 18.0 Å². The van der Waals surface area contributed by atoms with E-state index in [1.807, 2.05) is 13.0 Å². The van der Waals surface area contributed by atoms with Gasteiger partial charge in [0.05, 0.1) is 11.9 Å². The van der Waals surface area contributed by atoms with Gasteiger partial charge in [-0.25, -0.2) is 8.42 Å². The molecule has 0 unspecified atom stereocenters. The predicted octanol–water partition coefficient (Wildman–Crippen LogP) is 4.40. The number of nitrogens with one attached hydrogen (secondary N) is 1. The first kappa shape index (κ1) is 28.0. The van der Waals surface area contributed by atoms with E-state index < -0.39 is 16.1 Å². The van der Waals surface area contributed by atoms with Gasteiger partial charge < -0.3 is 10.2 Å². The molecule has 0 saturated heterocycles. The lowest BCUT2D eigenvalue weighted by Gasteiger charge is -2.30. The molecule has 0 saturated carbocycles. The Balaban J connectivity index is 2.20. The van der Waals surface area contributed by atoms with Crippen molar-refractivity contribution >= 4 is 50.7 Å². The van der Waals surface area contributed by atoms with Crippen molar-refractivity contribution in [3.05, 3.63) is 63.6 Å². The van der Waals surface area contributed by atoms with E-state index >= 15 is 0 Å². The molecule has 0 aliphatic heterocycles. The molecule has 186 valence electrons. The molecule has 2 amide bonds. The van der Waals surface area contributed by atoms with Gasteiger partial charge in [-0.1, -0.05) is 47.5 Å². The maximum Gasteiger partial charge on any atom is 0.242 e. The summed E-state index contributed by atoms with van der Waals surface area (Å²) in [4.78, 5) is 27.2. The topological polar surface area (TPSA) is 86.8 Å². The molecule has 0 bridgehead atoms. The van der Waals surface area contributed by atoms with Gasteiger partial charge in [0, 0.05) is 36.1 Å². The minimum Gasteiger partial charge on any atom is -0.355 e. The number of carbonyl (C=O) groups excluding carboxylic acids is 2. The fourth-order valence-corrected chi connectivity index (χ4v) is 4.92. The van der Waals surface area contributed by atoms with Crippen molar-refractivity contribution in [2.24, 2.45) is 0 Å². The molecule has 0 aromatic heterocycles. The Hall–Kier alpha value is -2.29. The monoisotopic (exact) mass is 527 g/mol. The van der Waals surface area contributed by atoms with Crippen LogP contribution in [-0.2, 0) is 26.2 Å². The number of rotatable bonds is 11. The highest BCUT2D eigenvalue weighted by atomic mass is 35.5. The average molecular weight is 529 g/mol. The van der Waals surface area contributed by atoms with Crippen molar-refractivity contribution in [1.82, 2.24) is 10.2 Å². The standard InChI is InChI=1S/C24H31Cl2N3O4S/c1-5-27-24(31)18(3)28(16-19-9-6-7-10-21(19)26)23(30)11-8-14-29(34(4,32)33)22-15-20(25)13-12-17(22)2/h6-7,9-10,12-13,15,18H,5,8,11,14,16H2,1-4H3,(H,27,31)/t18-/m1/s1. The Morgan fingerprint density at radius 3 is 2.41 bits per heavy atom. The second-order valence-electron chi connectivity index (χ2n) is 8.05. The number of anilines is 1. The fraction of sp³-hybridized carbons (Fsp3) is 0.417. The minimum atomic E-state index is -3.60. The van der Waals surface area contributed by atoms with E-state index in [4.69, 9.17) is 23.2 Å².